The van der Waals surface area contributed by atoms with Crippen molar-refractivity contribution in [2.45, 2.75) is 77.7 Å². The van der Waals surface area contributed by atoms with Gasteiger partial charge in [-0.15, -0.1) is 0 Å². The Morgan fingerprint density at radius 3 is 2.48 bits per heavy atom. The number of hydrogen-bond acceptors (Lipinski definition) is 3. The van der Waals surface area contributed by atoms with Crippen LogP contribution in [0, 0.1) is 0 Å². The molecule has 3 nitrogen and oxygen atoms in total. The molecule has 1 aromatic rings. The highest BCUT2D eigenvalue weighted by molar-refractivity contribution is 6.62. The molecule has 2 aliphatic rings. The van der Waals surface area contributed by atoms with Crippen LogP contribution in [0.4, 0.5) is 0 Å². The van der Waals surface area contributed by atoms with Gasteiger partial charge in [0, 0.05) is 12.6 Å². The predicted molar refractivity (Wildman–Crippen MR) is 95.9 cm³/mol. The molecule has 4 heteroatoms. The van der Waals surface area contributed by atoms with Crippen LogP contribution in [0.3, 0.4) is 0 Å². The van der Waals surface area contributed by atoms with Crippen molar-refractivity contribution < 1.29 is 9.31 Å². The normalized spacial score (nSPS) is 27.3. The van der Waals surface area contributed by atoms with Crippen molar-refractivity contribution in [1.82, 2.24) is 4.90 Å². The second kappa shape index (κ2) is 6.23. The maximum atomic E-state index is 6.18. The number of rotatable bonds is 3. The Labute approximate surface area is 141 Å². The summed E-state index contributed by atoms with van der Waals surface area (Å²) in [4.78, 5) is 2.59. The van der Waals surface area contributed by atoms with Gasteiger partial charge in [0.25, 0.3) is 0 Å². The average molecular weight is 315 g/mol. The molecule has 126 valence electrons. The van der Waals surface area contributed by atoms with Gasteiger partial charge in [-0.2, -0.15) is 0 Å². The number of piperidine rings is 1. The molecular weight excluding hydrogens is 285 g/mol. The van der Waals surface area contributed by atoms with Crippen molar-refractivity contribution in [2.75, 3.05) is 6.54 Å². The van der Waals surface area contributed by atoms with Gasteiger partial charge in [0.15, 0.2) is 0 Å². The van der Waals surface area contributed by atoms with Crippen LogP contribution in [-0.4, -0.2) is 35.8 Å². The van der Waals surface area contributed by atoms with E-state index in [1.807, 2.05) is 0 Å². The minimum absolute atomic E-state index is 0.265. The molecule has 1 aromatic carbocycles. The van der Waals surface area contributed by atoms with E-state index in [4.69, 9.17) is 9.31 Å². The Hall–Kier alpha value is -0.835. The summed E-state index contributed by atoms with van der Waals surface area (Å²) in [6.07, 6.45) is 4.00. The highest BCUT2D eigenvalue weighted by Crippen LogP contribution is 2.36. The molecule has 2 aliphatic heterocycles. The molecule has 0 radical (unpaired) electrons. The zero-order valence-corrected chi connectivity index (χ0v) is 15.3. The first-order valence-corrected chi connectivity index (χ1v) is 8.97. The molecule has 0 N–H and O–H groups in total. The molecular formula is C19H30BNO2. The van der Waals surface area contributed by atoms with Gasteiger partial charge < -0.3 is 9.31 Å². The summed E-state index contributed by atoms with van der Waals surface area (Å²) in [5.41, 5.74) is 1.92. The summed E-state index contributed by atoms with van der Waals surface area (Å²) >= 11 is 0. The summed E-state index contributed by atoms with van der Waals surface area (Å²) in [5.74, 6) is 0. The van der Waals surface area contributed by atoms with E-state index in [1.54, 1.807) is 0 Å². The molecule has 0 spiro atoms. The van der Waals surface area contributed by atoms with E-state index in [2.05, 4.69) is 63.8 Å². The Kier molecular flexibility index (Phi) is 4.61. The van der Waals surface area contributed by atoms with Crippen molar-refractivity contribution in [1.29, 1.82) is 0 Å². The van der Waals surface area contributed by atoms with Crippen molar-refractivity contribution in [2.24, 2.45) is 0 Å². The minimum atomic E-state index is -0.283. The van der Waals surface area contributed by atoms with E-state index < -0.39 is 0 Å². The van der Waals surface area contributed by atoms with Gasteiger partial charge in [-0.05, 0) is 65.0 Å². The van der Waals surface area contributed by atoms with Crippen molar-refractivity contribution in [3.63, 3.8) is 0 Å². The standard InChI is InChI=1S/C19H30BNO2/c1-15-9-6-7-12-21(15)14-16-10-8-11-17(13-16)20-22-18(2,3)19(4,5)23-20/h8,10-11,13,15H,6-7,9,12,14H2,1-5H3. The SMILES string of the molecule is CC1CCCCN1Cc1cccc(B2OC(C)(C)C(C)(C)O2)c1. The quantitative estimate of drug-likeness (QED) is 0.799. The first-order valence-electron chi connectivity index (χ1n) is 8.97. The Morgan fingerprint density at radius 2 is 1.83 bits per heavy atom. The van der Waals surface area contributed by atoms with Gasteiger partial charge in [0.2, 0.25) is 0 Å². The third-order valence-corrected chi connectivity index (χ3v) is 5.80. The van der Waals surface area contributed by atoms with E-state index in [0.29, 0.717) is 6.04 Å². The lowest BCUT2D eigenvalue weighted by Gasteiger charge is -2.33. The summed E-state index contributed by atoms with van der Waals surface area (Å²) in [6.45, 7) is 13.0. The van der Waals surface area contributed by atoms with E-state index in [0.717, 1.165) is 12.0 Å². The first-order chi connectivity index (χ1) is 10.8. The monoisotopic (exact) mass is 315 g/mol. The average Bonchev–Trinajstić information content (AvgIpc) is 2.70. The van der Waals surface area contributed by atoms with Gasteiger partial charge in [-0.25, -0.2) is 0 Å². The van der Waals surface area contributed by atoms with E-state index in [1.165, 1.54) is 31.4 Å². The zero-order chi connectivity index (χ0) is 16.7. The second-order valence-electron chi connectivity index (χ2n) is 8.15. The lowest BCUT2D eigenvalue weighted by molar-refractivity contribution is 0.00578. The Morgan fingerprint density at radius 1 is 1.13 bits per heavy atom. The summed E-state index contributed by atoms with van der Waals surface area (Å²) in [6, 6.07) is 9.40. The molecule has 0 aromatic heterocycles. The molecule has 0 bridgehead atoms. The van der Waals surface area contributed by atoms with Crippen LogP contribution in [0.2, 0.25) is 0 Å². The first kappa shape index (κ1) is 17.0. The predicted octanol–water partition coefficient (Wildman–Crippen LogP) is 3.36. The smallest absolute Gasteiger partial charge is 0.399 e. The number of likely N-dealkylation sites (tertiary alicyclic amines) is 1. The van der Waals surface area contributed by atoms with Crippen molar-refractivity contribution in [3.05, 3.63) is 29.8 Å². The molecule has 2 heterocycles. The zero-order valence-electron chi connectivity index (χ0n) is 15.3. The second-order valence-corrected chi connectivity index (χ2v) is 8.15. The summed E-state index contributed by atoms with van der Waals surface area (Å²) in [5, 5.41) is 0. The van der Waals surface area contributed by atoms with Crippen LogP contribution in [0.1, 0.15) is 59.4 Å². The topological polar surface area (TPSA) is 21.7 Å². The summed E-state index contributed by atoms with van der Waals surface area (Å²) < 4.78 is 12.4. The molecule has 0 aliphatic carbocycles. The fourth-order valence-electron chi connectivity index (χ4n) is 3.44. The van der Waals surface area contributed by atoms with Gasteiger partial charge in [0.05, 0.1) is 11.2 Å². The van der Waals surface area contributed by atoms with Crippen molar-refractivity contribution in [3.8, 4) is 0 Å². The van der Waals surface area contributed by atoms with E-state index in [-0.39, 0.29) is 18.3 Å². The molecule has 2 saturated heterocycles. The van der Waals surface area contributed by atoms with Gasteiger partial charge >= 0.3 is 7.12 Å². The van der Waals surface area contributed by atoms with Gasteiger partial charge in [-0.3, -0.25) is 4.90 Å². The van der Waals surface area contributed by atoms with Gasteiger partial charge in [-0.1, -0.05) is 30.7 Å². The molecule has 1 unspecified atom stereocenters. The molecule has 2 fully saturated rings. The van der Waals surface area contributed by atoms with Crippen LogP contribution in [0.15, 0.2) is 24.3 Å². The van der Waals surface area contributed by atoms with Crippen LogP contribution >= 0.6 is 0 Å². The fourth-order valence-corrected chi connectivity index (χ4v) is 3.44. The number of benzene rings is 1. The highest BCUT2D eigenvalue weighted by Gasteiger charge is 2.51. The number of hydrogen-bond donors (Lipinski definition) is 0. The van der Waals surface area contributed by atoms with Crippen LogP contribution in [0.25, 0.3) is 0 Å². The molecule has 0 amide bonds. The maximum Gasteiger partial charge on any atom is 0.494 e. The highest BCUT2D eigenvalue weighted by atomic mass is 16.7. The molecule has 1 atom stereocenters. The van der Waals surface area contributed by atoms with Crippen LogP contribution in [0.5, 0.6) is 0 Å². The van der Waals surface area contributed by atoms with Gasteiger partial charge in [0.1, 0.15) is 0 Å². The van der Waals surface area contributed by atoms with Crippen LogP contribution < -0.4 is 5.46 Å². The molecule has 3 rings (SSSR count). The third-order valence-electron chi connectivity index (χ3n) is 5.80. The Bertz CT molecular complexity index is 542. The lowest BCUT2D eigenvalue weighted by Crippen LogP contribution is -2.41. The molecule has 23 heavy (non-hydrogen) atoms. The minimum Gasteiger partial charge on any atom is -0.399 e. The van der Waals surface area contributed by atoms with Crippen molar-refractivity contribution >= 4 is 12.6 Å². The van der Waals surface area contributed by atoms with E-state index >= 15 is 0 Å². The third kappa shape index (κ3) is 3.49. The largest absolute Gasteiger partial charge is 0.494 e. The Balaban J connectivity index is 1.73. The number of nitrogens with zero attached hydrogens (tertiary/aromatic N) is 1. The van der Waals surface area contributed by atoms with E-state index in [9.17, 15) is 0 Å². The lowest BCUT2D eigenvalue weighted by atomic mass is 9.78. The molecule has 0 saturated carbocycles. The van der Waals surface area contributed by atoms with Crippen LogP contribution in [-0.2, 0) is 15.9 Å². The summed E-state index contributed by atoms with van der Waals surface area (Å²) in [7, 11) is -0.265. The fraction of sp³-hybridized carbons (Fsp3) is 0.684. The maximum absolute atomic E-state index is 6.18.